The first kappa shape index (κ1) is 16.1. The molecule has 2 aromatic carbocycles. The summed E-state index contributed by atoms with van der Waals surface area (Å²) < 4.78 is 5.37. The van der Waals surface area contributed by atoms with Gasteiger partial charge in [-0.2, -0.15) is 0 Å². The van der Waals surface area contributed by atoms with Gasteiger partial charge in [0.25, 0.3) is 11.8 Å². The van der Waals surface area contributed by atoms with Crippen LogP contribution < -0.4 is 15.0 Å². The summed E-state index contributed by atoms with van der Waals surface area (Å²) in [5.41, 5.74) is 3.04. The Morgan fingerprint density at radius 3 is 2.54 bits per heavy atom. The van der Waals surface area contributed by atoms with Crippen molar-refractivity contribution in [3.63, 3.8) is 0 Å². The first-order chi connectivity index (χ1) is 11.5. The van der Waals surface area contributed by atoms with Gasteiger partial charge in [0, 0.05) is 18.3 Å². The van der Waals surface area contributed by atoms with E-state index in [2.05, 4.69) is 19.2 Å². The van der Waals surface area contributed by atoms with E-state index in [1.807, 2.05) is 24.3 Å². The Labute approximate surface area is 141 Å². The molecule has 0 spiro atoms. The summed E-state index contributed by atoms with van der Waals surface area (Å²) in [6.07, 6.45) is 0. The number of rotatable bonds is 3. The van der Waals surface area contributed by atoms with Gasteiger partial charge in [-0.15, -0.1) is 0 Å². The third-order valence-corrected chi connectivity index (χ3v) is 4.14. The molecule has 1 aliphatic rings. The van der Waals surface area contributed by atoms with Gasteiger partial charge in [0.05, 0.1) is 5.69 Å². The molecule has 1 aliphatic heterocycles. The van der Waals surface area contributed by atoms with Crippen molar-refractivity contribution in [1.29, 1.82) is 0 Å². The van der Waals surface area contributed by atoms with Gasteiger partial charge in [-0.05, 0) is 41.8 Å². The highest BCUT2D eigenvalue weighted by molar-refractivity contribution is 6.06. The normalized spacial score (nSPS) is 13.5. The summed E-state index contributed by atoms with van der Waals surface area (Å²) in [6.45, 7) is 4.28. The van der Waals surface area contributed by atoms with Gasteiger partial charge >= 0.3 is 0 Å². The topological polar surface area (TPSA) is 58.6 Å². The number of benzene rings is 2. The van der Waals surface area contributed by atoms with Crippen LogP contribution in [0.3, 0.4) is 0 Å². The first-order valence-corrected chi connectivity index (χ1v) is 7.90. The molecule has 3 rings (SSSR count). The van der Waals surface area contributed by atoms with Gasteiger partial charge < -0.3 is 15.0 Å². The van der Waals surface area contributed by atoms with Crippen LogP contribution in [0.4, 0.5) is 11.4 Å². The first-order valence-electron chi connectivity index (χ1n) is 7.90. The van der Waals surface area contributed by atoms with Crippen molar-refractivity contribution in [2.75, 3.05) is 23.9 Å². The summed E-state index contributed by atoms with van der Waals surface area (Å²) in [7, 11) is 1.68. The van der Waals surface area contributed by atoms with Crippen LogP contribution in [0.1, 0.15) is 35.7 Å². The quantitative estimate of drug-likeness (QED) is 0.941. The van der Waals surface area contributed by atoms with Crippen molar-refractivity contribution >= 4 is 23.2 Å². The fraction of sp³-hybridized carbons (Fsp3) is 0.263. The fourth-order valence-electron chi connectivity index (χ4n) is 2.57. The smallest absolute Gasteiger partial charge is 0.264 e. The number of amides is 2. The maximum atomic E-state index is 12.5. The second-order valence-corrected chi connectivity index (χ2v) is 6.15. The zero-order chi connectivity index (χ0) is 17.3. The number of carbonyl (C=O) groups is 2. The number of nitrogens with zero attached hydrogens (tertiary/aromatic N) is 1. The number of hydrogen-bond acceptors (Lipinski definition) is 3. The molecule has 1 heterocycles. The zero-order valence-corrected chi connectivity index (χ0v) is 14.0. The highest BCUT2D eigenvalue weighted by Gasteiger charge is 2.23. The van der Waals surface area contributed by atoms with Gasteiger partial charge in [0.2, 0.25) is 0 Å². The van der Waals surface area contributed by atoms with E-state index < -0.39 is 0 Å². The van der Waals surface area contributed by atoms with E-state index in [9.17, 15) is 9.59 Å². The molecule has 0 saturated carbocycles. The molecule has 0 aromatic heterocycles. The lowest BCUT2D eigenvalue weighted by atomic mass is 10.0. The van der Waals surface area contributed by atoms with Crippen LogP contribution in [-0.2, 0) is 4.79 Å². The van der Waals surface area contributed by atoms with E-state index >= 15 is 0 Å². The molecule has 0 radical (unpaired) electrons. The molecule has 0 aliphatic carbocycles. The van der Waals surface area contributed by atoms with Crippen LogP contribution in [0.2, 0.25) is 0 Å². The van der Waals surface area contributed by atoms with Crippen molar-refractivity contribution < 1.29 is 14.3 Å². The average Bonchev–Trinajstić information content (AvgIpc) is 2.58. The van der Waals surface area contributed by atoms with Crippen molar-refractivity contribution in [3.05, 3.63) is 53.6 Å². The Bertz CT molecular complexity index is 782. The molecule has 0 unspecified atom stereocenters. The summed E-state index contributed by atoms with van der Waals surface area (Å²) in [5, 5.41) is 2.87. The van der Waals surface area contributed by atoms with E-state index in [1.165, 1.54) is 10.5 Å². The molecule has 124 valence electrons. The number of fused-ring (bicyclic) bond motifs is 1. The maximum Gasteiger partial charge on any atom is 0.264 e. The second-order valence-electron chi connectivity index (χ2n) is 6.15. The predicted molar refractivity (Wildman–Crippen MR) is 93.8 cm³/mol. The summed E-state index contributed by atoms with van der Waals surface area (Å²) in [4.78, 5) is 25.7. The van der Waals surface area contributed by atoms with Crippen molar-refractivity contribution in [3.8, 4) is 5.75 Å². The molecule has 2 aromatic rings. The Balaban J connectivity index is 1.79. The van der Waals surface area contributed by atoms with Gasteiger partial charge in [0.1, 0.15) is 5.75 Å². The van der Waals surface area contributed by atoms with Crippen LogP contribution in [0.25, 0.3) is 0 Å². The lowest BCUT2D eigenvalue weighted by Gasteiger charge is -2.26. The van der Waals surface area contributed by atoms with E-state index in [1.54, 1.807) is 25.2 Å². The second kappa shape index (κ2) is 6.35. The molecule has 0 bridgehead atoms. The van der Waals surface area contributed by atoms with Crippen molar-refractivity contribution in [2.24, 2.45) is 0 Å². The predicted octanol–water partition coefficient (Wildman–Crippen LogP) is 3.42. The largest absolute Gasteiger partial charge is 0.482 e. The lowest BCUT2D eigenvalue weighted by molar-refractivity contribution is -0.120. The summed E-state index contributed by atoms with van der Waals surface area (Å²) in [5.74, 6) is 0.698. The third-order valence-electron chi connectivity index (χ3n) is 4.14. The molecule has 5 nitrogen and oxygen atoms in total. The summed E-state index contributed by atoms with van der Waals surface area (Å²) >= 11 is 0. The van der Waals surface area contributed by atoms with E-state index in [4.69, 9.17) is 4.74 Å². The van der Waals surface area contributed by atoms with Gasteiger partial charge in [-0.25, -0.2) is 0 Å². The molecule has 24 heavy (non-hydrogen) atoms. The van der Waals surface area contributed by atoms with Crippen LogP contribution in [-0.4, -0.2) is 25.5 Å². The summed E-state index contributed by atoms with van der Waals surface area (Å²) in [6, 6.07) is 12.9. The molecule has 1 N–H and O–H groups in total. The Morgan fingerprint density at radius 1 is 1.17 bits per heavy atom. The standard InChI is InChI=1S/C19H20N2O3/c1-12(2)13-4-7-15(8-5-13)20-19(23)14-6-9-17-16(10-14)21(3)18(22)11-24-17/h4-10,12H,11H2,1-3H3,(H,20,23). The number of likely N-dealkylation sites (N-methyl/N-ethyl adjacent to an activating group) is 1. The number of anilines is 2. The average molecular weight is 324 g/mol. The third kappa shape index (κ3) is 3.11. The Morgan fingerprint density at radius 2 is 1.88 bits per heavy atom. The van der Waals surface area contributed by atoms with Crippen LogP contribution >= 0.6 is 0 Å². The number of hydrogen-bond donors (Lipinski definition) is 1. The minimum absolute atomic E-state index is 0.0250. The molecule has 5 heteroatoms. The minimum atomic E-state index is -0.221. The molecule has 2 amide bonds. The van der Waals surface area contributed by atoms with E-state index in [-0.39, 0.29) is 18.4 Å². The Kier molecular flexibility index (Phi) is 4.25. The number of carbonyl (C=O) groups excluding carboxylic acids is 2. The molecule has 0 fully saturated rings. The van der Waals surface area contributed by atoms with Crippen molar-refractivity contribution in [1.82, 2.24) is 0 Å². The molecule has 0 saturated heterocycles. The lowest BCUT2D eigenvalue weighted by Crippen LogP contribution is -2.35. The number of nitrogens with one attached hydrogen (secondary N) is 1. The molecular weight excluding hydrogens is 304 g/mol. The molecular formula is C19H20N2O3. The van der Waals surface area contributed by atoms with Crippen LogP contribution in [0.15, 0.2) is 42.5 Å². The van der Waals surface area contributed by atoms with Crippen LogP contribution in [0, 0.1) is 0 Å². The van der Waals surface area contributed by atoms with Crippen LogP contribution in [0.5, 0.6) is 5.75 Å². The van der Waals surface area contributed by atoms with Gasteiger partial charge in [0.15, 0.2) is 6.61 Å². The van der Waals surface area contributed by atoms with Gasteiger partial charge in [-0.1, -0.05) is 26.0 Å². The number of ether oxygens (including phenoxy) is 1. The van der Waals surface area contributed by atoms with E-state index in [0.717, 1.165) is 5.69 Å². The minimum Gasteiger partial charge on any atom is -0.482 e. The molecule has 0 atom stereocenters. The van der Waals surface area contributed by atoms with Gasteiger partial charge in [-0.3, -0.25) is 9.59 Å². The zero-order valence-electron chi connectivity index (χ0n) is 14.0. The highest BCUT2D eigenvalue weighted by atomic mass is 16.5. The SMILES string of the molecule is CC(C)c1ccc(NC(=O)c2ccc3c(c2)N(C)C(=O)CO3)cc1. The highest BCUT2D eigenvalue weighted by Crippen LogP contribution is 2.32. The fourth-order valence-corrected chi connectivity index (χ4v) is 2.57. The van der Waals surface area contributed by atoms with Crippen molar-refractivity contribution in [2.45, 2.75) is 19.8 Å². The van der Waals surface area contributed by atoms with E-state index in [0.29, 0.717) is 22.9 Å². The monoisotopic (exact) mass is 324 g/mol. The maximum absolute atomic E-state index is 12.5. The Hall–Kier alpha value is -2.82.